The third-order valence-corrected chi connectivity index (χ3v) is 0.1000. The zero-order chi connectivity index (χ0) is 6.12. The van der Waals surface area contributed by atoms with Crippen LogP contribution < -0.4 is 0 Å². The van der Waals surface area contributed by atoms with Crippen molar-refractivity contribution >= 4 is 0 Å². The summed E-state index contributed by atoms with van der Waals surface area (Å²) < 4.78 is 0. The molecule has 2 heteroatoms. The lowest BCUT2D eigenvalue weighted by Gasteiger charge is -1.70. The van der Waals surface area contributed by atoms with Gasteiger partial charge in [-0.3, -0.25) is 0 Å². The van der Waals surface area contributed by atoms with Crippen LogP contribution in [0.25, 0.3) is 0 Å². The fourth-order valence-electron chi connectivity index (χ4n) is 0. The normalized spacial score (nSPS) is 5.43. The summed E-state index contributed by atoms with van der Waals surface area (Å²) in [4.78, 5) is 0. The van der Waals surface area contributed by atoms with Gasteiger partial charge in [0, 0.05) is 0 Å². The quantitative estimate of drug-likeness (QED) is 0.455. The third-order valence-electron chi connectivity index (χ3n) is 0.1000. The maximum absolute atomic E-state index is 7.62. The Labute approximate surface area is 43.4 Å². The molecule has 2 nitrogen and oxygen atoms in total. The molecular weight excluding hydrogens is 92.1 g/mol. The van der Waals surface area contributed by atoms with Crippen molar-refractivity contribution in [1.29, 1.82) is 0 Å². The Balaban J connectivity index is 0. The van der Waals surface area contributed by atoms with E-state index in [1.807, 2.05) is 0 Å². The maximum Gasteiger partial charge on any atom is 0.0662 e. The fraction of sp³-hybridized carbons (Fsp3) is 0.400. The summed E-state index contributed by atoms with van der Waals surface area (Å²) in [7, 11) is 0. The largest absolute Gasteiger partial charge is 0.394 e. The minimum absolute atomic E-state index is 0.125. The molecule has 0 aliphatic heterocycles. The zero-order valence-corrected chi connectivity index (χ0v) is 4.22. The van der Waals surface area contributed by atoms with Gasteiger partial charge in [-0.15, -0.1) is 5.73 Å². The predicted molar refractivity (Wildman–Crippen MR) is 28.9 cm³/mol. The molecule has 0 saturated heterocycles. The van der Waals surface area contributed by atoms with E-state index < -0.39 is 0 Å². The first kappa shape index (κ1) is 9.67. The molecule has 0 spiro atoms. The third kappa shape index (κ3) is 333. The summed E-state index contributed by atoms with van der Waals surface area (Å²) in [6.45, 7) is 6.00. The average Bonchev–Trinajstić information content (AvgIpc) is 1.69. The van der Waals surface area contributed by atoms with Gasteiger partial charge in [0.15, 0.2) is 0 Å². The van der Waals surface area contributed by atoms with Crippen LogP contribution in [0.1, 0.15) is 0 Å². The number of hydrogen-bond donors (Lipinski definition) is 2. The number of aliphatic hydroxyl groups excluding tert-OH is 2. The minimum Gasteiger partial charge on any atom is -0.394 e. The van der Waals surface area contributed by atoms with Crippen LogP contribution in [0.4, 0.5) is 0 Å². The SMILES string of the molecule is C=C=C.OCCO. The topological polar surface area (TPSA) is 40.5 Å². The Bertz CT molecular complexity index is 42.0. The molecule has 0 rings (SSSR count). The van der Waals surface area contributed by atoms with Gasteiger partial charge in [0.2, 0.25) is 0 Å². The summed E-state index contributed by atoms with van der Waals surface area (Å²) in [6, 6.07) is 0. The number of aliphatic hydroxyl groups is 2. The Kier molecular flexibility index (Phi) is 24.9. The van der Waals surface area contributed by atoms with E-state index in [2.05, 4.69) is 18.9 Å². The molecule has 0 aliphatic rings. The zero-order valence-electron chi connectivity index (χ0n) is 4.22. The van der Waals surface area contributed by atoms with Gasteiger partial charge in [0.05, 0.1) is 13.2 Å². The van der Waals surface area contributed by atoms with Crippen molar-refractivity contribution in [2.24, 2.45) is 0 Å². The van der Waals surface area contributed by atoms with Gasteiger partial charge in [-0.1, -0.05) is 13.2 Å². The first-order valence-corrected chi connectivity index (χ1v) is 1.84. The summed E-state index contributed by atoms with van der Waals surface area (Å²) in [5, 5.41) is 15.2. The Morgan fingerprint density at radius 1 is 1.14 bits per heavy atom. The van der Waals surface area contributed by atoms with E-state index in [0.717, 1.165) is 0 Å². The van der Waals surface area contributed by atoms with E-state index in [1.165, 1.54) is 0 Å². The summed E-state index contributed by atoms with van der Waals surface area (Å²) in [5.74, 6) is 0. The standard InChI is InChI=1S/C3H4.C2H6O2/c1-3-2;3-1-2-4/h1-2H2;3-4H,1-2H2. The van der Waals surface area contributed by atoms with Crippen LogP contribution in [-0.4, -0.2) is 23.4 Å². The molecule has 0 amide bonds. The van der Waals surface area contributed by atoms with Crippen molar-refractivity contribution in [3.63, 3.8) is 0 Å². The predicted octanol–water partition coefficient (Wildman–Crippen LogP) is -0.0717. The second-order valence-electron chi connectivity index (χ2n) is 0.697. The molecule has 0 radical (unpaired) electrons. The van der Waals surface area contributed by atoms with Crippen molar-refractivity contribution in [3.8, 4) is 0 Å². The number of hydrogen-bond acceptors (Lipinski definition) is 2. The average molecular weight is 102 g/mol. The van der Waals surface area contributed by atoms with E-state index >= 15 is 0 Å². The molecule has 7 heavy (non-hydrogen) atoms. The molecule has 0 saturated carbocycles. The Morgan fingerprint density at radius 2 is 1.29 bits per heavy atom. The summed E-state index contributed by atoms with van der Waals surface area (Å²) in [6.07, 6.45) is 0. The van der Waals surface area contributed by atoms with Gasteiger partial charge in [0.25, 0.3) is 0 Å². The lowest BCUT2D eigenvalue weighted by Crippen LogP contribution is -1.85. The van der Waals surface area contributed by atoms with E-state index in [-0.39, 0.29) is 13.2 Å². The monoisotopic (exact) mass is 102 g/mol. The van der Waals surface area contributed by atoms with Crippen molar-refractivity contribution < 1.29 is 10.2 Å². The van der Waals surface area contributed by atoms with Crippen LogP contribution in [0.3, 0.4) is 0 Å². The van der Waals surface area contributed by atoms with Crippen LogP contribution >= 0.6 is 0 Å². The van der Waals surface area contributed by atoms with Gasteiger partial charge < -0.3 is 10.2 Å². The molecule has 0 bridgehead atoms. The van der Waals surface area contributed by atoms with Gasteiger partial charge >= 0.3 is 0 Å². The molecule has 0 fully saturated rings. The highest BCUT2D eigenvalue weighted by atomic mass is 16.3. The molecule has 0 aromatic rings. The Morgan fingerprint density at radius 3 is 1.29 bits per heavy atom. The second-order valence-corrected chi connectivity index (χ2v) is 0.697. The second kappa shape index (κ2) is 18.0. The lowest BCUT2D eigenvalue weighted by atomic mass is 10.8. The Hall–Kier alpha value is -0.560. The van der Waals surface area contributed by atoms with Crippen molar-refractivity contribution in [3.05, 3.63) is 18.9 Å². The first-order valence-electron chi connectivity index (χ1n) is 1.84. The van der Waals surface area contributed by atoms with Gasteiger partial charge in [-0.2, -0.15) is 0 Å². The summed E-state index contributed by atoms with van der Waals surface area (Å²) >= 11 is 0. The van der Waals surface area contributed by atoms with E-state index in [4.69, 9.17) is 10.2 Å². The number of rotatable bonds is 1. The van der Waals surface area contributed by atoms with Crippen LogP contribution in [-0.2, 0) is 0 Å². The smallest absolute Gasteiger partial charge is 0.0662 e. The van der Waals surface area contributed by atoms with Crippen molar-refractivity contribution in [1.82, 2.24) is 0 Å². The van der Waals surface area contributed by atoms with Gasteiger partial charge in [-0.25, -0.2) is 0 Å². The molecule has 2 N–H and O–H groups in total. The fourth-order valence-corrected chi connectivity index (χ4v) is 0. The van der Waals surface area contributed by atoms with Crippen molar-refractivity contribution in [2.45, 2.75) is 0 Å². The molecule has 0 aromatic heterocycles. The first-order chi connectivity index (χ1) is 3.33. The van der Waals surface area contributed by atoms with Crippen LogP contribution in [0.5, 0.6) is 0 Å². The molecule has 0 aliphatic carbocycles. The minimum atomic E-state index is -0.125. The highest BCUT2D eigenvalue weighted by Gasteiger charge is 1.58. The van der Waals surface area contributed by atoms with E-state index in [9.17, 15) is 0 Å². The lowest BCUT2D eigenvalue weighted by molar-refractivity contribution is 0.186. The van der Waals surface area contributed by atoms with E-state index in [1.54, 1.807) is 0 Å². The van der Waals surface area contributed by atoms with Crippen molar-refractivity contribution in [2.75, 3.05) is 13.2 Å². The molecule has 0 atom stereocenters. The van der Waals surface area contributed by atoms with Gasteiger partial charge in [0.1, 0.15) is 0 Å². The molecular formula is C5H10O2. The van der Waals surface area contributed by atoms with Crippen LogP contribution in [0.2, 0.25) is 0 Å². The molecule has 0 unspecified atom stereocenters. The molecule has 42 valence electrons. The van der Waals surface area contributed by atoms with Crippen LogP contribution in [0.15, 0.2) is 18.9 Å². The highest BCUT2D eigenvalue weighted by molar-refractivity contribution is 4.51. The maximum atomic E-state index is 7.62. The highest BCUT2D eigenvalue weighted by Crippen LogP contribution is 1.39. The summed E-state index contributed by atoms with van der Waals surface area (Å²) in [5.41, 5.74) is 2.25. The van der Waals surface area contributed by atoms with Gasteiger partial charge in [-0.05, 0) is 0 Å². The van der Waals surface area contributed by atoms with Crippen LogP contribution in [0, 0.1) is 0 Å². The molecule has 0 heterocycles. The van der Waals surface area contributed by atoms with E-state index in [0.29, 0.717) is 0 Å². The molecule has 0 aromatic carbocycles.